The number of hydrogen-bond acceptors (Lipinski definition) is 6. The molecule has 3 aliphatic rings. The Bertz CT molecular complexity index is 1560. The lowest BCUT2D eigenvalue weighted by Gasteiger charge is -2.29. The number of ether oxygens (including phenoxy) is 1. The quantitative estimate of drug-likeness (QED) is 0.403. The topological polar surface area (TPSA) is 111 Å². The van der Waals surface area contributed by atoms with E-state index in [1.165, 1.54) is 6.07 Å². The number of nitrogens with zero attached hydrogens (tertiary/aromatic N) is 2. The Morgan fingerprint density at radius 1 is 1.27 bits per heavy atom. The fourth-order valence-electron chi connectivity index (χ4n) is 6.26. The van der Waals surface area contributed by atoms with Gasteiger partial charge in [-0.15, -0.1) is 0 Å². The molecule has 2 N–H and O–H groups in total. The van der Waals surface area contributed by atoms with Crippen LogP contribution in [0.1, 0.15) is 77.9 Å². The van der Waals surface area contributed by atoms with E-state index in [0.717, 1.165) is 34.9 Å². The molecule has 0 spiro atoms. The molecule has 192 valence electrons. The fourth-order valence-corrected chi connectivity index (χ4v) is 6.26. The van der Waals surface area contributed by atoms with Crippen molar-refractivity contribution in [3.05, 3.63) is 61.7 Å². The Balaban J connectivity index is 1.61. The van der Waals surface area contributed by atoms with Gasteiger partial charge in [0.1, 0.15) is 19.0 Å². The number of halogens is 1. The molecular weight excluding hydrogens is 477 g/mol. The maximum Gasteiger partial charge on any atom is 0.313 e. The van der Waals surface area contributed by atoms with Crippen molar-refractivity contribution in [2.75, 3.05) is 6.61 Å². The third-order valence-electron chi connectivity index (χ3n) is 8.11. The van der Waals surface area contributed by atoms with Crippen molar-refractivity contribution in [1.82, 2.24) is 14.9 Å². The van der Waals surface area contributed by atoms with Gasteiger partial charge in [0.2, 0.25) is 5.91 Å². The first-order valence-corrected chi connectivity index (χ1v) is 12.8. The number of pyridine rings is 2. The second kappa shape index (κ2) is 8.76. The van der Waals surface area contributed by atoms with E-state index >= 15 is 0 Å². The standard InChI is InChI=1S/C28H28FN3O5/c1-3-4-5-15-16-8-22-26-17(10-32(22)27(35)18(16)12-37-28(15)36)25-20(30-23(34)11-33)7-6-14-13(2)19(29)9-21(31-26)24(14)25/h8-9,15,20,33H,3-7,10-12H2,1-2H3,(H,30,34)/t15-,20-/m0/s1. The van der Waals surface area contributed by atoms with Crippen molar-refractivity contribution < 1.29 is 23.8 Å². The van der Waals surface area contributed by atoms with Crippen LogP contribution in [0.15, 0.2) is 16.9 Å². The molecule has 2 aliphatic heterocycles. The average Bonchev–Trinajstić information content (AvgIpc) is 3.25. The van der Waals surface area contributed by atoms with Gasteiger partial charge in [-0.05, 0) is 54.5 Å². The van der Waals surface area contributed by atoms with E-state index in [0.29, 0.717) is 52.9 Å². The molecule has 9 heteroatoms. The summed E-state index contributed by atoms with van der Waals surface area (Å²) in [6, 6.07) is 2.89. The molecule has 1 amide bonds. The summed E-state index contributed by atoms with van der Waals surface area (Å²) in [6.45, 7) is 3.35. The highest BCUT2D eigenvalue weighted by atomic mass is 19.1. The number of aliphatic hydroxyl groups is 1. The SMILES string of the molecule is CCCC[C@@H]1C(=O)OCc2c1cc1n(c2=O)Cc2c-1nc1cc(F)c(C)c3c1c2[C@@H](NC(=O)CO)CC3. The molecule has 4 heterocycles. The first-order chi connectivity index (χ1) is 17.8. The summed E-state index contributed by atoms with van der Waals surface area (Å²) in [6.07, 6.45) is 3.44. The van der Waals surface area contributed by atoms with E-state index in [4.69, 9.17) is 9.72 Å². The van der Waals surface area contributed by atoms with E-state index in [2.05, 4.69) is 5.32 Å². The maximum absolute atomic E-state index is 14.9. The van der Waals surface area contributed by atoms with Crippen LogP contribution in [0.25, 0.3) is 22.3 Å². The van der Waals surface area contributed by atoms with Crippen LogP contribution in [0.2, 0.25) is 0 Å². The second-order valence-corrected chi connectivity index (χ2v) is 10.2. The summed E-state index contributed by atoms with van der Waals surface area (Å²) < 4.78 is 21.9. The fraction of sp³-hybridized carbons (Fsp3) is 0.429. The molecule has 1 aromatic carbocycles. The summed E-state index contributed by atoms with van der Waals surface area (Å²) >= 11 is 0. The van der Waals surface area contributed by atoms with Gasteiger partial charge in [0, 0.05) is 17.0 Å². The number of carbonyl (C=O) groups is 2. The Morgan fingerprint density at radius 3 is 2.84 bits per heavy atom. The third kappa shape index (κ3) is 3.51. The highest BCUT2D eigenvalue weighted by molar-refractivity contribution is 5.93. The monoisotopic (exact) mass is 505 g/mol. The van der Waals surface area contributed by atoms with Crippen LogP contribution in [0.4, 0.5) is 4.39 Å². The van der Waals surface area contributed by atoms with Crippen LogP contribution in [-0.2, 0) is 33.9 Å². The lowest BCUT2D eigenvalue weighted by Crippen LogP contribution is -2.34. The minimum atomic E-state index is -0.637. The largest absolute Gasteiger partial charge is 0.460 e. The number of unbranched alkanes of at least 4 members (excludes halogenated alkanes) is 1. The smallest absolute Gasteiger partial charge is 0.313 e. The van der Waals surface area contributed by atoms with Crippen LogP contribution >= 0.6 is 0 Å². The molecule has 2 aromatic heterocycles. The zero-order valence-electron chi connectivity index (χ0n) is 20.8. The molecule has 0 bridgehead atoms. The van der Waals surface area contributed by atoms with Crippen molar-refractivity contribution in [3.8, 4) is 11.4 Å². The lowest BCUT2D eigenvalue weighted by molar-refractivity contribution is -0.148. The number of esters is 1. The van der Waals surface area contributed by atoms with Crippen LogP contribution in [0, 0.1) is 12.7 Å². The van der Waals surface area contributed by atoms with Gasteiger partial charge in [-0.1, -0.05) is 19.8 Å². The summed E-state index contributed by atoms with van der Waals surface area (Å²) in [5.41, 5.74) is 5.62. The minimum absolute atomic E-state index is 0.0573. The van der Waals surface area contributed by atoms with Crippen LogP contribution < -0.4 is 10.9 Å². The van der Waals surface area contributed by atoms with E-state index in [1.54, 1.807) is 11.5 Å². The number of nitrogens with one attached hydrogen (secondary N) is 1. The van der Waals surface area contributed by atoms with Crippen molar-refractivity contribution in [3.63, 3.8) is 0 Å². The molecule has 0 unspecified atom stereocenters. The number of carbonyl (C=O) groups excluding carboxylic acids is 2. The van der Waals surface area contributed by atoms with Gasteiger partial charge < -0.3 is 19.7 Å². The molecule has 6 rings (SSSR count). The number of amides is 1. The second-order valence-electron chi connectivity index (χ2n) is 10.2. The van der Waals surface area contributed by atoms with E-state index in [1.807, 2.05) is 13.0 Å². The van der Waals surface area contributed by atoms with Gasteiger partial charge in [-0.3, -0.25) is 14.4 Å². The number of fused-ring (bicyclic) bond motifs is 5. The highest BCUT2D eigenvalue weighted by Crippen LogP contribution is 2.45. The number of rotatable bonds is 5. The van der Waals surface area contributed by atoms with Crippen LogP contribution in [0.3, 0.4) is 0 Å². The first-order valence-electron chi connectivity index (χ1n) is 12.8. The number of benzene rings is 1. The summed E-state index contributed by atoms with van der Waals surface area (Å²) in [4.78, 5) is 43.4. The summed E-state index contributed by atoms with van der Waals surface area (Å²) in [7, 11) is 0. The van der Waals surface area contributed by atoms with Crippen molar-refractivity contribution in [2.24, 2.45) is 0 Å². The third-order valence-corrected chi connectivity index (χ3v) is 8.11. The Kier molecular flexibility index (Phi) is 5.63. The van der Waals surface area contributed by atoms with Gasteiger partial charge in [-0.25, -0.2) is 9.37 Å². The molecule has 0 fully saturated rings. The van der Waals surface area contributed by atoms with E-state index in [-0.39, 0.29) is 30.5 Å². The van der Waals surface area contributed by atoms with Crippen molar-refractivity contribution >= 4 is 22.8 Å². The minimum Gasteiger partial charge on any atom is -0.460 e. The van der Waals surface area contributed by atoms with Gasteiger partial charge in [-0.2, -0.15) is 0 Å². The molecule has 8 nitrogen and oxygen atoms in total. The highest BCUT2D eigenvalue weighted by Gasteiger charge is 2.37. The predicted molar refractivity (Wildman–Crippen MR) is 134 cm³/mol. The Hall–Kier alpha value is -3.59. The number of cyclic esters (lactones) is 1. The zero-order chi connectivity index (χ0) is 26.0. The predicted octanol–water partition coefficient (Wildman–Crippen LogP) is 3.30. The molecule has 2 atom stereocenters. The molecule has 0 radical (unpaired) electrons. The molecular formula is C28H28FN3O5. The lowest BCUT2D eigenvalue weighted by atomic mass is 9.81. The van der Waals surface area contributed by atoms with Gasteiger partial charge >= 0.3 is 5.97 Å². The molecule has 0 saturated heterocycles. The Morgan fingerprint density at radius 2 is 2.08 bits per heavy atom. The number of hydrogen-bond donors (Lipinski definition) is 2. The zero-order valence-corrected chi connectivity index (χ0v) is 20.8. The first kappa shape index (κ1) is 23.8. The normalized spacial score (nSPS) is 19.3. The Labute approximate surface area is 212 Å². The molecule has 1 aliphatic carbocycles. The maximum atomic E-state index is 14.9. The number of aromatic nitrogens is 2. The molecule has 3 aromatic rings. The number of aryl methyl sites for hydroxylation is 1. The van der Waals surface area contributed by atoms with Gasteiger partial charge in [0.25, 0.3) is 5.56 Å². The van der Waals surface area contributed by atoms with Crippen molar-refractivity contribution in [1.29, 1.82) is 0 Å². The van der Waals surface area contributed by atoms with E-state index in [9.17, 15) is 23.9 Å². The van der Waals surface area contributed by atoms with Crippen molar-refractivity contribution in [2.45, 2.75) is 71.1 Å². The van der Waals surface area contributed by atoms with Crippen LogP contribution in [0.5, 0.6) is 0 Å². The summed E-state index contributed by atoms with van der Waals surface area (Å²) in [5.74, 6) is -1.67. The van der Waals surface area contributed by atoms with Crippen LogP contribution in [-0.4, -0.2) is 33.1 Å². The van der Waals surface area contributed by atoms with Gasteiger partial charge in [0.15, 0.2) is 0 Å². The van der Waals surface area contributed by atoms with Gasteiger partial charge in [0.05, 0.1) is 41.0 Å². The van der Waals surface area contributed by atoms with E-state index < -0.39 is 24.5 Å². The molecule has 0 saturated carbocycles. The molecule has 37 heavy (non-hydrogen) atoms. The average molecular weight is 506 g/mol. The summed E-state index contributed by atoms with van der Waals surface area (Å²) in [5, 5.41) is 13.1. The number of aliphatic hydroxyl groups excluding tert-OH is 1.